The molecule has 0 amide bonds. The van der Waals surface area contributed by atoms with E-state index in [0.29, 0.717) is 12.2 Å². The second-order valence-electron chi connectivity index (χ2n) is 3.11. The predicted molar refractivity (Wildman–Crippen MR) is 43.0 cm³/mol. The molecule has 1 aliphatic heterocycles. The number of ether oxygens (including phenoxy) is 1. The van der Waals surface area contributed by atoms with Gasteiger partial charge in [0.05, 0.1) is 12.2 Å². The maximum absolute atomic E-state index is 5.58. The van der Waals surface area contributed by atoms with E-state index in [4.69, 9.17) is 4.74 Å². The van der Waals surface area contributed by atoms with Crippen molar-refractivity contribution < 1.29 is 4.74 Å². The van der Waals surface area contributed by atoms with Crippen LogP contribution in [0.2, 0.25) is 0 Å². The molecule has 0 aromatic heterocycles. The molecule has 0 radical (unpaired) electrons. The Bertz CT molecular complexity index is 126. The highest BCUT2D eigenvalue weighted by molar-refractivity contribution is 5.05. The Kier molecular flexibility index (Phi) is 2.50. The van der Waals surface area contributed by atoms with Gasteiger partial charge >= 0.3 is 0 Å². The Balaban J connectivity index is 2.51. The lowest BCUT2D eigenvalue weighted by molar-refractivity contribution is -0.0103. The zero-order valence-electron chi connectivity index (χ0n) is 7.05. The Morgan fingerprint density at radius 2 is 1.80 bits per heavy atom. The normalized spacial score (nSPS) is 34.1. The van der Waals surface area contributed by atoms with Gasteiger partial charge in [0.25, 0.3) is 0 Å². The van der Waals surface area contributed by atoms with Crippen LogP contribution >= 0.6 is 0 Å². The lowest BCUT2D eigenvalue weighted by Crippen LogP contribution is -2.24. The first-order valence-electron chi connectivity index (χ1n) is 4.02. The Labute approximate surface area is 63.1 Å². The molecule has 2 unspecified atom stereocenters. The molecule has 1 heterocycles. The third-order valence-corrected chi connectivity index (χ3v) is 1.97. The first-order valence-corrected chi connectivity index (χ1v) is 4.02. The fraction of sp³-hybridized carbons (Fsp3) is 0.778. The van der Waals surface area contributed by atoms with Gasteiger partial charge in [-0.2, -0.15) is 0 Å². The smallest absolute Gasteiger partial charge is 0.0587 e. The molecule has 10 heavy (non-hydrogen) atoms. The fourth-order valence-electron chi connectivity index (χ4n) is 1.55. The van der Waals surface area contributed by atoms with Crippen molar-refractivity contribution in [1.29, 1.82) is 0 Å². The largest absolute Gasteiger partial charge is 0.375 e. The van der Waals surface area contributed by atoms with Crippen LogP contribution in [0.3, 0.4) is 0 Å². The molecule has 2 atom stereocenters. The third kappa shape index (κ3) is 1.84. The van der Waals surface area contributed by atoms with Crippen LogP contribution in [0.15, 0.2) is 11.6 Å². The molecular weight excluding hydrogens is 124 g/mol. The van der Waals surface area contributed by atoms with Crippen LogP contribution in [0.1, 0.15) is 33.6 Å². The van der Waals surface area contributed by atoms with Crippen LogP contribution in [0.5, 0.6) is 0 Å². The molecule has 58 valence electrons. The molecule has 1 heteroatoms. The van der Waals surface area contributed by atoms with E-state index in [1.807, 2.05) is 0 Å². The minimum Gasteiger partial charge on any atom is -0.375 e. The van der Waals surface area contributed by atoms with Crippen LogP contribution in [-0.2, 0) is 4.74 Å². The van der Waals surface area contributed by atoms with Crippen LogP contribution in [0, 0.1) is 0 Å². The average molecular weight is 140 g/mol. The summed E-state index contributed by atoms with van der Waals surface area (Å²) in [5.41, 5.74) is 1.55. The number of allylic oxidation sites excluding steroid dienone is 1. The summed E-state index contributed by atoms with van der Waals surface area (Å²) in [6, 6.07) is 0. The molecule has 0 bridgehead atoms. The highest BCUT2D eigenvalue weighted by Gasteiger charge is 2.17. The van der Waals surface area contributed by atoms with E-state index in [9.17, 15) is 0 Å². The SMILES string of the molecule is CC=C1CC(C)OC(C)C1. The van der Waals surface area contributed by atoms with Gasteiger partial charge in [0.15, 0.2) is 0 Å². The monoisotopic (exact) mass is 140 g/mol. The molecule has 1 fully saturated rings. The van der Waals surface area contributed by atoms with Gasteiger partial charge in [-0.1, -0.05) is 11.6 Å². The van der Waals surface area contributed by atoms with Gasteiger partial charge in [-0.25, -0.2) is 0 Å². The van der Waals surface area contributed by atoms with Crippen LogP contribution < -0.4 is 0 Å². The molecule has 0 N–H and O–H groups in total. The summed E-state index contributed by atoms with van der Waals surface area (Å²) in [6.07, 6.45) is 5.32. The second-order valence-corrected chi connectivity index (χ2v) is 3.11. The van der Waals surface area contributed by atoms with E-state index in [-0.39, 0.29) is 0 Å². The summed E-state index contributed by atoms with van der Waals surface area (Å²) < 4.78 is 5.58. The zero-order valence-corrected chi connectivity index (χ0v) is 7.05. The minimum atomic E-state index is 0.426. The second kappa shape index (κ2) is 3.20. The molecule has 1 rings (SSSR count). The maximum atomic E-state index is 5.58. The van der Waals surface area contributed by atoms with E-state index in [1.165, 1.54) is 0 Å². The molecule has 1 saturated heterocycles. The van der Waals surface area contributed by atoms with Gasteiger partial charge < -0.3 is 4.74 Å². The highest BCUT2D eigenvalue weighted by atomic mass is 16.5. The van der Waals surface area contributed by atoms with Crippen LogP contribution in [0.4, 0.5) is 0 Å². The zero-order chi connectivity index (χ0) is 7.56. The van der Waals surface area contributed by atoms with Gasteiger partial charge in [0.1, 0.15) is 0 Å². The van der Waals surface area contributed by atoms with E-state index in [0.717, 1.165) is 12.8 Å². The van der Waals surface area contributed by atoms with E-state index in [2.05, 4.69) is 26.8 Å². The molecule has 0 aliphatic carbocycles. The molecule has 1 aliphatic rings. The summed E-state index contributed by atoms with van der Waals surface area (Å²) in [5.74, 6) is 0. The topological polar surface area (TPSA) is 9.23 Å². The van der Waals surface area contributed by atoms with Crippen molar-refractivity contribution in [2.24, 2.45) is 0 Å². The Morgan fingerprint density at radius 1 is 1.30 bits per heavy atom. The quantitative estimate of drug-likeness (QED) is 0.470. The summed E-state index contributed by atoms with van der Waals surface area (Å²) in [4.78, 5) is 0. The lowest BCUT2D eigenvalue weighted by Gasteiger charge is -2.27. The van der Waals surface area contributed by atoms with Gasteiger partial charge in [-0.15, -0.1) is 0 Å². The molecule has 0 aromatic rings. The molecule has 0 aromatic carbocycles. The lowest BCUT2D eigenvalue weighted by atomic mass is 9.99. The minimum absolute atomic E-state index is 0.426. The van der Waals surface area contributed by atoms with E-state index in [1.54, 1.807) is 5.57 Å². The van der Waals surface area contributed by atoms with Gasteiger partial charge in [0.2, 0.25) is 0 Å². The molecule has 0 spiro atoms. The van der Waals surface area contributed by atoms with Gasteiger partial charge in [-0.3, -0.25) is 0 Å². The summed E-state index contributed by atoms with van der Waals surface area (Å²) in [5, 5.41) is 0. The van der Waals surface area contributed by atoms with Gasteiger partial charge in [-0.05, 0) is 33.6 Å². The molecular formula is C9H16O. The van der Waals surface area contributed by atoms with Crippen molar-refractivity contribution in [1.82, 2.24) is 0 Å². The van der Waals surface area contributed by atoms with E-state index >= 15 is 0 Å². The molecule has 0 saturated carbocycles. The van der Waals surface area contributed by atoms with Crippen molar-refractivity contribution in [2.75, 3.05) is 0 Å². The van der Waals surface area contributed by atoms with Crippen molar-refractivity contribution in [2.45, 2.75) is 45.8 Å². The average Bonchev–Trinajstić information content (AvgIpc) is 1.85. The third-order valence-electron chi connectivity index (χ3n) is 1.97. The maximum Gasteiger partial charge on any atom is 0.0587 e. The van der Waals surface area contributed by atoms with Crippen molar-refractivity contribution in [3.63, 3.8) is 0 Å². The summed E-state index contributed by atoms with van der Waals surface area (Å²) in [7, 11) is 0. The number of rotatable bonds is 0. The van der Waals surface area contributed by atoms with Crippen molar-refractivity contribution >= 4 is 0 Å². The van der Waals surface area contributed by atoms with Crippen molar-refractivity contribution in [3.8, 4) is 0 Å². The number of hydrogen-bond acceptors (Lipinski definition) is 1. The summed E-state index contributed by atoms with van der Waals surface area (Å²) in [6.45, 7) is 6.39. The first-order chi connectivity index (χ1) is 4.72. The molecule has 1 nitrogen and oxygen atoms in total. The van der Waals surface area contributed by atoms with Crippen molar-refractivity contribution in [3.05, 3.63) is 11.6 Å². The van der Waals surface area contributed by atoms with Gasteiger partial charge in [0, 0.05) is 0 Å². The highest BCUT2D eigenvalue weighted by Crippen LogP contribution is 2.23. The first kappa shape index (κ1) is 7.80. The summed E-state index contributed by atoms with van der Waals surface area (Å²) >= 11 is 0. The number of hydrogen-bond donors (Lipinski definition) is 0. The Hall–Kier alpha value is -0.300. The Morgan fingerprint density at radius 3 is 2.20 bits per heavy atom. The van der Waals surface area contributed by atoms with Crippen LogP contribution in [0.25, 0.3) is 0 Å². The predicted octanol–water partition coefficient (Wildman–Crippen LogP) is 2.52. The standard InChI is InChI=1S/C9H16O/c1-4-9-5-7(2)10-8(3)6-9/h4,7-8H,5-6H2,1-3H3. The van der Waals surface area contributed by atoms with Crippen LogP contribution in [-0.4, -0.2) is 12.2 Å². The fourth-order valence-corrected chi connectivity index (χ4v) is 1.55. The van der Waals surface area contributed by atoms with E-state index < -0.39 is 0 Å².